The zero-order chi connectivity index (χ0) is 14.5. The van der Waals surface area contributed by atoms with Crippen LogP contribution >= 0.6 is 11.6 Å². The lowest BCUT2D eigenvalue weighted by Crippen LogP contribution is -2.30. The van der Waals surface area contributed by atoms with Crippen molar-refractivity contribution in [3.05, 3.63) is 47.0 Å². The van der Waals surface area contributed by atoms with Gasteiger partial charge in [-0.2, -0.15) is 5.26 Å². The summed E-state index contributed by atoms with van der Waals surface area (Å²) in [5, 5.41) is 15.9. The number of hydrogen-bond acceptors (Lipinski definition) is 4. The Kier molecular flexibility index (Phi) is 4.33. The van der Waals surface area contributed by atoms with Gasteiger partial charge in [0.15, 0.2) is 0 Å². The molecule has 1 N–H and O–H groups in total. The third-order valence-corrected chi connectivity index (χ3v) is 3.04. The molecule has 0 aliphatic carbocycles. The normalized spacial score (nSPS) is 11.7. The summed E-state index contributed by atoms with van der Waals surface area (Å²) in [5.41, 5.74) is 0.846. The second kappa shape index (κ2) is 6.17. The molecule has 6 nitrogen and oxygen atoms in total. The van der Waals surface area contributed by atoms with Crippen molar-refractivity contribution in [2.45, 2.75) is 19.5 Å². The molecular weight excluding hydrogens is 278 g/mol. The van der Waals surface area contributed by atoms with Crippen LogP contribution in [0.15, 0.2) is 30.6 Å². The smallest absolute Gasteiger partial charge is 0.252 e. The number of nitrogens with one attached hydrogen (secondary N) is 1. The van der Waals surface area contributed by atoms with Crippen LogP contribution in [0.4, 0.5) is 0 Å². The standard InChI is InChI=1S/C13H12ClN5O/c1-9(10-4-2-3-5-11(10)14)17-13(20)7-19-8-16-12(6-15)18-19/h2-5,8-9H,7H2,1H3,(H,17,20)/t9-/m1/s1. The summed E-state index contributed by atoms with van der Waals surface area (Å²) in [6.07, 6.45) is 1.35. The topological polar surface area (TPSA) is 83.6 Å². The molecule has 0 saturated heterocycles. The third kappa shape index (κ3) is 3.33. The molecule has 2 aromatic rings. The van der Waals surface area contributed by atoms with Gasteiger partial charge in [-0.15, -0.1) is 5.10 Å². The number of hydrogen-bond donors (Lipinski definition) is 1. The Morgan fingerprint density at radius 2 is 2.30 bits per heavy atom. The van der Waals surface area contributed by atoms with Gasteiger partial charge < -0.3 is 5.32 Å². The van der Waals surface area contributed by atoms with Crippen LogP contribution in [0.2, 0.25) is 5.02 Å². The Balaban J connectivity index is 1.98. The van der Waals surface area contributed by atoms with Crippen molar-refractivity contribution >= 4 is 17.5 Å². The predicted octanol–water partition coefficient (Wildman–Crippen LogP) is 1.68. The van der Waals surface area contributed by atoms with Gasteiger partial charge in [-0.1, -0.05) is 29.8 Å². The van der Waals surface area contributed by atoms with Crippen LogP contribution in [0, 0.1) is 11.3 Å². The molecule has 1 aromatic heterocycles. The summed E-state index contributed by atoms with van der Waals surface area (Å²) in [7, 11) is 0. The fourth-order valence-electron chi connectivity index (χ4n) is 1.76. The summed E-state index contributed by atoms with van der Waals surface area (Å²) in [4.78, 5) is 15.6. The quantitative estimate of drug-likeness (QED) is 0.928. The number of halogens is 1. The van der Waals surface area contributed by atoms with Crippen molar-refractivity contribution < 1.29 is 4.79 Å². The van der Waals surface area contributed by atoms with Crippen molar-refractivity contribution in [1.29, 1.82) is 5.26 Å². The van der Waals surface area contributed by atoms with Crippen LogP contribution < -0.4 is 5.32 Å². The summed E-state index contributed by atoms with van der Waals surface area (Å²) in [5.74, 6) is -0.191. The molecule has 0 fully saturated rings. The molecule has 2 rings (SSSR count). The van der Waals surface area contributed by atoms with E-state index in [0.29, 0.717) is 5.02 Å². The van der Waals surface area contributed by atoms with E-state index in [2.05, 4.69) is 15.4 Å². The van der Waals surface area contributed by atoms with Crippen LogP contribution in [0.25, 0.3) is 0 Å². The van der Waals surface area contributed by atoms with E-state index in [1.807, 2.05) is 25.1 Å². The molecule has 1 aromatic carbocycles. The number of nitriles is 1. The van der Waals surface area contributed by atoms with Gasteiger partial charge in [0.2, 0.25) is 5.91 Å². The van der Waals surface area contributed by atoms with Gasteiger partial charge in [0.25, 0.3) is 5.82 Å². The molecule has 1 heterocycles. The van der Waals surface area contributed by atoms with E-state index in [0.717, 1.165) is 5.56 Å². The average molecular weight is 290 g/mol. The van der Waals surface area contributed by atoms with E-state index < -0.39 is 0 Å². The number of carbonyl (C=O) groups is 1. The lowest BCUT2D eigenvalue weighted by molar-refractivity contribution is -0.122. The summed E-state index contributed by atoms with van der Waals surface area (Å²) in [6, 6.07) is 8.92. The number of aromatic nitrogens is 3. The number of carbonyl (C=O) groups excluding carboxylic acids is 1. The van der Waals surface area contributed by atoms with E-state index in [1.165, 1.54) is 11.0 Å². The lowest BCUT2D eigenvalue weighted by Gasteiger charge is -2.15. The molecule has 0 aliphatic heterocycles. The van der Waals surface area contributed by atoms with Gasteiger partial charge in [-0.25, -0.2) is 9.67 Å². The zero-order valence-corrected chi connectivity index (χ0v) is 11.5. The number of amides is 1. The van der Waals surface area contributed by atoms with Crippen LogP contribution in [-0.2, 0) is 11.3 Å². The van der Waals surface area contributed by atoms with Gasteiger partial charge in [0, 0.05) is 5.02 Å². The van der Waals surface area contributed by atoms with Crippen molar-refractivity contribution in [1.82, 2.24) is 20.1 Å². The summed E-state index contributed by atoms with van der Waals surface area (Å²) >= 11 is 6.07. The minimum absolute atomic E-state index is 0.00345. The second-order valence-electron chi connectivity index (χ2n) is 4.19. The molecule has 0 saturated carbocycles. The maximum Gasteiger partial charge on any atom is 0.252 e. The number of benzene rings is 1. The first kappa shape index (κ1) is 14.0. The Morgan fingerprint density at radius 1 is 1.55 bits per heavy atom. The highest BCUT2D eigenvalue weighted by molar-refractivity contribution is 6.31. The van der Waals surface area contributed by atoms with Crippen molar-refractivity contribution in [3.63, 3.8) is 0 Å². The molecule has 0 aliphatic rings. The lowest BCUT2D eigenvalue weighted by atomic mass is 10.1. The molecule has 1 amide bonds. The molecule has 0 unspecified atom stereocenters. The third-order valence-electron chi connectivity index (χ3n) is 2.69. The van der Waals surface area contributed by atoms with E-state index >= 15 is 0 Å². The van der Waals surface area contributed by atoms with Crippen LogP contribution in [-0.4, -0.2) is 20.7 Å². The average Bonchev–Trinajstić information content (AvgIpc) is 2.86. The summed E-state index contributed by atoms with van der Waals surface area (Å²) < 4.78 is 1.31. The van der Waals surface area contributed by atoms with Gasteiger partial charge in [-0.05, 0) is 18.6 Å². The van der Waals surface area contributed by atoms with Crippen molar-refractivity contribution in [2.24, 2.45) is 0 Å². The predicted molar refractivity (Wildman–Crippen MR) is 72.7 cm³/mol. The van der Waals surface area contributed by atoms with E-state index in [4.69, 9.17) is 16.9 Å². The Bertz CT molecular complexity index is 661. The van der Waals surface area contributed by atoms with E-state index in [1.54, 1.807) is 12.1 Å². The first-order valence-electron chi connectivity index (χ1n) is 5.93. The van der Waals surface area contributed by atoms with Crippen molar-refractivity contribution in [3.8, 4) is 6.07 Å². The Labute approximate surface area is 121 Å². The largest absolute Gasteiger partial charge is 0.348 e. The zero-order valence-electron chi connectivity index (χ0n) is 10.7. The SMILES string of the molecule is C[C@@H](NC(=O)Cn1cnc(C#N)n1)c1ccccc1Cl. The van der Waals surface area contributed by atoms with Gasteiger partial charge in [-0.3, -0.25) is 4.79 Å². The minimum atomic E-state index is -0.230. The Morgan fingerprint density at radius 3 is 2.95 bits per heavy atom. The monoisotopic (exact) mass is 289 g/mol. The summed E-state index contributed by atoms with van der Waals surface area (Å²) in [6.45, 7) is 1.85. The maximum absolute atomic E-state index is 11.9. The Hall–Kier alpha value is -2.39. The molecule has 20 heavy (non-hydrogen) atoms. The van der Waals surface area contributed by atoms with Crippen molar-refractivity contribution in [2.75, 3.05) is 0 Å². The van der Waals surface area contributed by atoms with Crippen LogP contribution in [0.1, 0.15) is 24.4 Å². The molecule has 0 radical (unpaired) electrons. The number of rotatable bonds is 4. The maximum atomic E-state index is 11.9. The van der Waals surface area contributed by atoms with Gasteiger partial charge in [0.05, 0.1) is 6.04 Å². The molecule has 0 spiro atoms. The first-order valence-corrected chi connectivity index (χ1v) is 6.31. The first-order chi connectivity index (χ1) is 9.60. The number of nitrogens with zero attached hydrogens (tertiary/aromatic N) is 4. The fourth-order valence-corrected chi connectivity index (χ4v) is 2.06. The molecule has 0 bridgehead atoms. The molecular formula is C13H12ClN5O. The van der Waals surface area contributed by atoms with Gasteiger partial charge in [0.1, 0.15) is 18.9 Å². The molecule has 102 valence electrons. The highest BCUT2D eigenvalue weighted by Crippen LogP contribution is 2.21. The van der Waals surface area contributed by atoms with Crippen LogP contribution in [0.5, 0.6) is 0 Å². The van der Waals surface area contributed by atoms with E-state index in [-0.39, 0.29) is 24.3 Å². The second-order valence-corrected chi connectivity index (χ2v) is 4.60. The molecule has 7 heteroatoms. The van der Waals surface area contributed by atoms with E-state index in [9.17, 15) is 4.79 Å². The molecule has 1 atom stereocenters. The highest BCUT2D eigenvalue weighted by Gasteiger charge is 2.13. The van der Waals surface area contributed by atoms with Gasteiger partial charge >= 0.3 is 0 Å². The fraction of sp³-hybridized carbons (Fsp3) is 0.231. The minimum Gasteiger partial charge on any atom is -0.348 e. The van der Waals surface area contributed by atoms with Crippen LogP contribution in [0.3, 0.4) is 0 Å². The highest BCUT2D eigenvalue weighted by atomic mass is 35.5.